The fourth-order valence-electron chi connectivity index (χ4n) is 2.83. The number of nitrogens with one attached hydrogen (secondary N) is 1. The molecule has 1 heterocycles. The first kappa shape index (κ1) is 19.2. The Kier molecular flexibility index (Phi) is 5.72. The van der Waals surface area contributed by atoms with Crippen molar-refractivity contribution < 1.29 is 24.2 Å². The van der Waals surface area contributed by atoms with Crippen LogP contribution >= 0.6 is 0 Å². The average Bonchev–Trinajstić information content (AvgIpc) is 2.94. The van der Waals surface area contributed by atoms with Crippen molar-refractivity contribution in [2.45, 2.75) is 57.6 Å². The Morgan fingerprint density at radius 3 is 2.44 bits per heavy atom. The molecule has 1 aromatic carbocycles. The number of carboxylic acids is 1. The van der Waals surface area contributed by atoms with Gasteiger partial charge in [-0.3, -0.25) is 9.59 Å². The van der Waals surface area contributed by atoms with Gasteiger partial charge >= 0.3 is 5.97 Å². The van der Waals surface area contributed by atoms with Gasteiger partial charge in [0.1, 0.15) is 5.75 Å². The molecule has 1 aliphatic heterocycles. The summed E-state index contributed by atoms with van der Waals surface area (Å²) in [6.07, 6.45) is -0.407. The normalized spacial score (nSPS) is 21.6. The SMILES string of the molecule is CC(Oc1ccc(C(C)(C)C)cc1)C(=O)NC1(CC(=O)O)CCOC1. The van der Waals surface area contributed by atoms with Gasteiger partial charge in [-0.15, -0.1) is 0 Å². The molecule has 6 heteroatoms. The van der Waals surface area contributed by atoms with Gasteiger partial charge in [0.25, 0.3) is 5.91 Å². The Morgan fingerprint density at radius 2 is 1.96 bits per heavy atom. The highest BCUT2D eigenvalue weighted by Gasteiger charge is 2.39. The molecule has 0 aromatic heterocycles. The number of rotatable bonds is 6. The van der Waals surface area contributed by atoms with Gasteiger partial charge < -0.3 is 19.9 Å². The van der Waals surface area contributed by atoms with Crippen LogP contribution in [0.1, 0.15) is 46.1 Å². The summed E-state index contributed by atoms with van der Waals surface area (Å²) in [7, 11) is 0. The van der Waals surface area contributed by atoms with Crippen molar-refractivity contribution in [2.75, 3.05) is 13.2 Å². The van der Waals surface area contributed by atoms with Crippen molar-refractivity contribution in [2.24, 2.45) is 0 Å². The molecule has 2 unspecified atom stereocenters. The molecular formula is C19H27NO5. The molecule has 2 rings (SSSR count). The third kappa shape index (κ3) is 5.19. The molecule has 1 aliphatic rings. The lowest BCUT2D eigenvalue weighted by atomic mass is 9.87. The minimum absolute atomic E-state index is 0.0488. The lowest BCUT2D eigenvalue weighted by molar-refractivity contribution is -0.139. The van der Waals surface area contributed by atoms with Crippen LogP contribution in [0, 0.1) is 0 Å². The Labute approximate surface area is 148 Å². The number of hydrogen-bond acceptors (Lipinski definition) is 4. The smallest absolute Gasteiger partial charge is 0.305 e. The molecule has 1 aromatic rings. The summed E-state index contributed by atoms with van der Waals surface area (Å²) in [5, 5.41) is 11.9. The number of carboxylic acid groups (broad SMARTS) is 1. The Morgan fingerprint density at radius 1 is 1.32 bits per heavy atom. The quantitative estimate of drug-likeness (QED) is 0.824. The lowest BCUT2D eigenvalue weighted by Crippen LogP contribution is -2.53. The maximum Gasteiger partial charge on any atom is 0.305 e. The van der Waals surface area contributed by atoms with E-state index in [4.69, 9.17) is 14.6 Å². The molecule has 6 nitrogen and oxygen atoms in total. The molecule has 1 saturated heterocycles. The molecule has 0 spiro atoms. The zero-order chi connectivity index (χ0) is 18.7. The van der Waals surface area contributed by atoms with Gasteiger partial charge in [-0.05, 0) is 36.5 Å². The van der Waals surface area contributed by atoms with Gasteiger partial charge in [0.15, 0.2) is 6.10 Å². The number of carbonyl (C=O) groups is 2. The third-order valence-electron chi connectivity index (χ3n) is 4.38. The summed E-state index contributed by atoms with van der Waals surface area (Å²) in [5.74, 6) is -0.700. The number of hydrogen-bond donors (Lipinski definition) is 2. The number of aliphatic carboxylic acids is 1. The molecule has 0 aliphatic carbocycles. The van der Waals surface area contributed by atoms with Crippen LogP contribution in [-0.4, -0.2) is 41.8 Å². The molecule has 1 fully saturated rings. The van der Waals surface area contributed by atoms with Gasteiger partial charge in [0.2, 0.25) is 0 Å². The summed E-state index contributed by atoms with van der Waals surface area (Å²) in [5.41, 5.74) is 0.379. The first-order valence-corrected chi connectivity index (χ1v) is 8.50. The summed E-state index contributed by atoms with van der Waals surface area (Å²) in [4.78, 5) is 23.5. The largest absolute Gasteiger partial charge is 0.481 e. The zero-order valence-electron chi connectivity index (χ0n) is 15.3. The number of carbonyl (C=O) groups excluding carboxylic acids is 1. The van der Waals surface area contributed by atoms with Crippen LogP contribution in [0.3, 0.4) is 0 Å². The highest BCUT2D eigenvalue weighted by atomic mass is 16.5. The van der Waals surface area contributed by atoms with Crippen molar-refractivity contribution >= 4 is 11.9 Å². The minimum atomic E-state index is -0.961. The summed E-state index contributed by atoms with van der Waals surface area (Å²) in [6, 6.07) is 7.65. The minimum Gasteiger partial charge on any atom is -0.481 e. The number of benzene rings is 1. The second-order valence-electron chi connectivity index (χ2n) is 7.68. The Balaban J connectivity index is 1.98. The van der Waals surface area contributed by atoms with Crippen LogP contribution in [0.4, 0.5) is 0 Å². The number of ether oxygens (including phenoxy) is 2. The van der Waals surface area contributed by atoms with E-state index in [0.29, 0.717) is 18.8 Å². The second kappa shape index (κ2) is 7.44. The maximum atomic E-state index is 12.4. The van der Waals surface area contributed by atoms with Crippen molar-refractivity contribution in [3.63, 3.8) is 0 Å². The van der Waals surface area contributed by atoms with Crippen molar-refractivity contribution in [1.29, 1.82) is 0 Å². The van der Waals surface area contributed by atoms with Gasteiger partial charge in [-0.1, -0.05) is 32.9 Å². The zero-order valence-corrected chi connectivity index (χ0v) is 15.3. The second-order valence-corrected chi connectivity index (χ2v) is 7.68. The van der Waals surface area contributed by atoms with Gasteiger partial charge in [-0.25, -0.2) is 0 Å². The molecule has 138 valence electrons. The molecule has 0 saturated carbocycles. The van der Waals surface area contributed by atoms with Gasteiger partial charge in [-0.2, -0.15) is 0 Å². The van der Waals surface area contributed by atoms with Gasteiger partial charge in [0.05, 0.1) is 18.6 Å². The monoisotopic (exact) mass is 349 g/mol. The van der Waals surface area contributed by atoms with E-state index < -0.39 is 17.6 Å². The fraction of sp³-hybridized carbons (Fsp3) is 0.579. The van der Waals surface area contributed by atoms with Crippen molar-refractivity contribution in [3.8, 4) is 5.75 Å². The highest BCUT2D eigenvalue weighted by Crippen LogP contribution is 2.25. The van der Waals surface area contributed by atoms with E-state index in [1.807, 2.05) is 24.3 Å². The Hall–Kier alpha value is -2.08. The van der Waals surface area contributed by atoms with Crippen LogP contribution in [0.5, 0.6) is 5.75 Å². The van der Waals surface area contributed by atoms with Crippen LogP contribution in [-0.2, 0) is 19.7 Å². The molecule has 1 amide bonds. The third-order valence-corrected chi connectivity index (χ3v) is 4.38. The molecule has 0 radical (unpaired) electrons. The predicted octanol–water partition coefficient (Wildman–Crippen LogP) is 2.50. The van der Waals surface area contributed by atoms with E-state index in [1.54, 1.807) is 6.92 Å². The fourth-order valence-corrected chi connectivity index (χ4v) is 2.83. The van der Waals surface area contributed by atoms with Gasteiger partial charge in [0, 0.05) is 6.61 Å². The first-order valence-electron chi connectivity index (χ1n) is 8.50. The van der Waals surface area contributed by atoms with Crippen molar-refractivity contribution in [1.82, 2.24) is 5.32 Å². The van der Waals surface area contributed by atoms with E-state index >= 15 is 0 Å². The first-order chi connectivity index (χ1) is 11.6. The van der Waals surface area contributed by atoms with E-state index in [2.05, 4.69) is 26.1 Å². The summed E-state index contributed by atoms with van der Waals surface area (Å²) >= 11 is 0. The Bertz CT molecular complexity index is 612. The lowest BCUT2D eigenvalue weighted by Gasteiger charge is -2.28. The van der Waals surface area contributed by atoms with E-state index in [0.717, 1.165) is 0 Å². The highest BCUT2D eigenvalue weighted by molar-refractivity contribution is 5.82. The van der Waals surface area contributed by atoms with E-state index in [9.17, 15) is 9.59 Å². The summed E-state index contributed by atoms with van der Waals surface area (Å²) in [6.45, 7) is 8.69. The molecule has 2 N–H and O–H groups in total. The van der Waals surface area contributed by atoms with Crippen LogP contribution in [0.15, 0.2) is 24.3 Å². The van der Waals surface area contributed by atoms with E-state index in [1.165, 1.54) is 5.56 Å². The van der Waals surface area contributed by atoms with E-state index in [-0.39, 0.29) is 24.3 Å². The number of amides is 1. The summed E-state index contributed by atoms with van der Waals surface area (Å²) < 4.78 is 11.0. The molecule has 2 atom stereocenters. The molecule has 0 bridgehead atoms. The average molecular weight is 349 g/mol. The topological polar surface area (TPSA) is 84.9 Å². The molecule has 25 heavy (non-hydrogen) atoms. The predicted molar refractivity (Wildman–Crippen MR) is 93.8 cm³/mol. The molecular weight excluding hydrogens is 322 g/mol. The van der Waals surface area contributed by atoms with Crippen LogP contribution in [0.2, 0.25) is 0 Å². The van der Waals surface area contributed by atoms with Crippen molar-refractivity contribution in [3.05, 3.63) is 29.8 Å². The van der Waals surface area contributed by atoms with Crippen LogP contribution < -0.4 is 10.1 Å². The van der Waals surface area contributed by atoms with Crippen LogP contribution in [0.25, 0.3) is 0 Å². The maximum absolute atomic E-state index is 12.4. The standard InChI is InChI=1S/C19H27NO5/c1-13(25-15-7-5-14(6-8-15)18(2,3)4)17(23)20-19(11-16(21)22)9-10-24-12-19/h5-8,13H,9-12H2,1-4H3,(H,20,23)(H,21,22).